The Morgan fingerprint density at radius 3 is 2.23 bits per heavy atom. The average Bonchev–Trinajstić information content (AvgIpc) is 3.34. The molecular weight excluding hydrogens is 663 g/mol. The number of nitrogens with zero attached hydrogens (tertiary/aromatic N) is 1. The fourth-order valence-corrected chi connectivity index (χ4v) is 9.51. The Kier molecular flexibility index (Phi) is 13.7. The quantitative estimate of drug-likeness (QED) is 0.103. The molecule has 0 bridgehead atoms. The van der Waals surface area contributed by atoms with E-state index in [1.165, 1.54) is 20.2 Å². The van der Waals surface area contributed by atoms with Gasteiger partial charge in [-0.05, 0) is 51.0 Å². The molecule has 1 aromatic carbocycles. The van der Waals surface area contributed by atoms with Crippen molar-refractivity contribution < 1.29 is 46.9 Å². The van der Waals surface area contributed by atoms with Gasteiger partial charge in [-0.2, -0.15) is 0 Å². The summed E-state index contributed by atoms with van der Waals surface area (Å²) in [6.45, 7) is 14.0. The van der Waals surface area contributed by atoms with Gasteiger partial charge in [0.15, 0.2) is 26.0 Å². The van der Waals surface area contributed by atoms with Crippen molar-refractivity contribution in [2.45, 2.75) is 96.0 Å². The number of methoxy groups -OCH3 is 1. The van der Waals surface area contributed by atoms with Crippen LogP contribution in [0.2, 0.25) is 18.1 Å². The number of H-pyrrole nitrogens is 1. The molecule has 0 saturated carbocycles. The van der Waals surface area contributed by atoms with Gasteiger partial charge in [-0.3, -0.25) is 18.9 Å². The predicted molar refractivity (Wildman–Crippen MR) is 181 cm³/mol. The SMILES string of the molecule is CCOP(=O)(OCC)C(CO)(C[C@H]1O[C@@H](n2cc(C)c(=O)[nH]c2=O)[C@H](OCCOC)[C@@H]1OC(=O)c1ccccc1)O[Si](C)(C)C(C)(C)C. The van der Waals surface area contributed by atoms with Crippen LogP contribution in [0.25, 0.3) is 0 Å². The zero-order valence-electron chi connectivity index (χ0n) is 29.3. The maximum absolute atomic E-state index is 14.8. The summed E-state index contributed by atoms with van der Waals surface area (Å²) in [5.41, 5.74) is -0.901. The van der Waals surface area contributed by atoms with Crippen molar-refractivity contribution in [3.8, 4) is 0 Å². The van der Waals surface area contributed by atoms with Crippen LogP contribution < -0.4 is 11.2 Å². The molecule has 2 aromatic rings. The fraction of sp³-hybridized carbons (Fsp3) is 0.656. The Labute approximate surface area is 282 Å². The molecule has 1 aliphatic rings. The first kappa shape index (κ1) is 40.0. The molecule has 1 aliphatic heterocycles. The second-order valence-corrected chi connectivity index (χ2v) is 20.2. The molecule has 0 aliphatic carbocycles. The lowest BCUT2D eigenvalue weighted by Gasteiger charge is -2.47. The Balaban J connectivity index is 2.27. The van der Waals surface area contributed by atoms with Crippen LogP contribution in [0, 0.1) is 6.92 Å². The van der Waals surface area contributed by atoms with E-state index in [0.717, 1.165) is 4.57 Å². The summed E-state index contributed by atoms with van der Waals surface area (Å²) in [6, 6.07) is 8.28. The van der Waals surface area contributed by atoms with E-state index in [1.807, 2.05) is 33.9 Å². The molecular formula is C32H51N2O12PSi. The van der Waals surface area contributed by atoms with Crippen molar-refractivity contribution in [2.75, 3.05) is 40.1 Å². The van der Waals surface area contributed by atoms with Crippen LogP contribution in [0.15, 0.2) is 46.1 Å². The maximum Gasteiger partial charge on any atom is 0.363 e. The third-order valence-electron chi connectivity index (χ3n) is 8.67. The van der Waals surface area contributed by atoms with E-state index < -0.39 is 74.7 Å². The van der Waals surface area contributed by atoms with E-state index in [4.69, 9.17) is 32.4 Å². The van der Waals surface area contributed by atoms with Crippen LogP contribution in [-0.4, -0.2) is 92.7 Å². The summed E-state index contributed by atoms with van der Waals surface area (Å²) in [5, 5.41) is 8.81. The first-order chi connectivity index (χ1) is 22.5. The molecule has 14 nitrogen and oxygen atoms in total. The summed E-state index contributed by atoms with van der Waals surface area (Å²) in [6.07, 6.45) is -3.84. The van der Waals surface area contributed by atoms with Crippen LogP contribution in [0.5, 0.6) is 0 Å². The first-order valence-corrected chi connectivity index (χ1v) is 20.5. The number of carbonyl (C=O) groups excluding carboxylic acids is 1. The van der Waals surface area contributed by atoms with Gasteiger partial charge in [0.05, 0.1) is 38.6 Å². The molecule has 5 atom stereocenters. The largest absolute Gasteiger partial charge is 0.453 e. The minimum absolute atomic E-state index is 0.0186. The first-order valence-electron chi connectivity index (χ1n) is 16.0. The Morgan fingerprint density at radius 1 is 1.06 bits per heavy atom. The molecule has 16 heteroatoms. The number of benzene rings is 1. The Hall–Kier alpha value is -2.46. The minimum atomic E-state index is -4.29. The van der Waals surface area contributed by atoms with E-state index in [0.29, 0.717) is 0 Å². The third kappa shape index (κ3) is 8.81. The van der Waals surface area contributed by atoms with Crippen LogP contribution in [0.1, 0.15) is 63.2 Å². The van der Waals surface area contributed by atoms with Crippen molar-refractivity contribution in [1.29, 1.82) is 0 Å². The zero-order valence-corrected chi connectivity index (χ0v) is 31.2. The number of rotatable bonds is 17. The highest BCUT2D eigenvalue weighted by Crippen LogP contribution is 2.64. The normalized spacial score (nSPS) is 21.6. The van der Waals surface area contributed by atoms with Gasteiger partial charge in [0, 0.05) is 25.3 Å². The molecule has 2 N–H and O–H groups in total. The number of aliphatic hydroxyl groups is 1. The number of aromatic amines is 1. The monoisotopic (exact) mass is 714 g/mol. The molecule has 0 amide bonds. The zero-order chi connectivity index (χ0) is 35.9. The molecule has 1 fully saturated rings. The average molecular weight is 715 g/mol. The molecule has 48 heavy (non-hydrogen) atoms. The summed E-state index contributed by atoms with van der Waals surface area (Å²) >= 11 is 0. The number of aliphatic hydroxyl groups excluding tert-OH is 1. The van der Waals surface area contributed by atoms with Crippen LogP contribution in [0.3, 0.4) is 0 Å². The molecule has 1 unspecified atom stereocenters. The highest BCUT2D eigenvalue weighted by Gasteiger charge is 2.61. The van der Waals surface area contributed by atoms with E-state index in [1.54, 1.807) is 44.2 Å². The Bertz CT molecular complexity index is 1520. The van der Waals surface area contributed by atoms with Crippen molar-refractivity contribution in [3.63, 3.8) is 0 Å². The van der Waals surface area contributed by atoms with E-state index in [2.05, 4.69) is 4.98 Å². The molecule has 1 saturated heterocycles. The van der Waals surface area contributed by atoms with Gasteiger partial charge in [0.2, 0.25) is 0 Å². The maximum atomic E-state index is 14.8. The van der Waals surface area contributed by atoms with E-state index in [9.17, 15) is 24.1 Å². The van der Waals surface area contributed by atoms with Crippen molar-refractivity contribution in [1.82, 2.24) is 9.55 Å². The minimum Gasteiger partial charge on any atom is -0.453 e. The van der Waals surface area contributed by atoms with Crippen molar-refractivity contribution in [3.05, 3.63) is 68.5 Å². The molecule has 0 spiro atoms. The molecule has 0 radical (unpaired) electrons. The van der Waals surface area contributed by atoms with Gasteiger partial charge in [-0.1, -0.05) is 39.0 Å². The summed E-state index contributed by atoms with van der Waals surface area (Å²) in [5.74, 6) is -0.710. The van der Waals surface area contributed by atoms with Crippen LogP contribution >= 0.6 is 7.60 Å². The number of aryl methyl sites for hydroxylation is 1. The standard InChI is InChI=1S/C32H51N2O12PSi/c1-10-42-47(39,43-11-2)32(21-35,46-48(8,9)31(4,5)6)19-24-25(45-29(37)23-15-13-12-14-16-23)26(41-18-17-40-7)28(44-24)34-20-22(3)27(36)33-30(34)38/h12-16,20,24-26,28,35H,10-11,17-19,21H2,1-9H3,(H,33,36,38)/t24-,25-,26-,28-,32?/m1/s1. The number of nitrogens with one attached hydrogen (secondary N) is 1. The van der Waals surface area contributed by atoms with Gasteiger partial charge >= 0.3 is 19.3 Å². The highest BCUT2D eigenvalue weighted by atomic mass is 31.2. The summed E-state index contributed by atoms with van der Waals surface area (Å²) < 4.78 is 58.4. The van der Waals surface area contributed by atoms with Crippen LogP contribution in [-0.2, 0) is 37.0 Å². The number of esters is 1. The van der Waals surface area contributed by atoms with Gasteiger partial charge < -0.3 is 37.5 Å². The lowest BCUT2D eigenvalue weighted by molar-refractivity contribution is -0.0854. The predicted octanol–water partition coefficient (Wildman–Crippen LogP) is 4.37. The molecule has 1 aromatic heterocycles. The van der Waals surface area contributed by atoms with Crippen molar-refractivity contribution >= 4 is 21.9 Å². The van der Waals surface area contributed by atoms with E-state index in [-0.39, 0.29) is 44.0 Å². The van der Waals surface area contributed by atoms with Crippen molar-refractivity contribution in [2.24, 2.45) is 0 Å². The number of aromatic nitrogens is 2. The lowest BCUT2D eigenvalue weighted by Crippen LogP contribution is -2.54. The topological polar surface area (TPSA) is 174 Å². The molecule has 270 valence electrons. The number of hydrogen-bond donors (Lipinski definition) is 2. The fourth-order valence-electron chi connectivity index (χ4n) is 5.17. The number of hydrogen-bond acceptors (Lipinski definition) is 12. The van der Waals surface area contributed by atoms with Crippen LogP contribution in [0.4, 0.5) is 0 Å². The molecule has 3 rings (SSSR count). The second-order valence-electron chi connectivity index (χ2n) is 13.1. The number of carbonyl (C=O) groups is 1. The van der Waals surface area contributed by atoms with Gasteiger partial charge in [0.25, 0.3) is 5.56 Å². The summed E-state index contributed by atoms with van der Waals surface area (Å²) in [7, 11) is -5.66. The lowest BCUT2D eigenvalue weighted by atomic mass is 10.0. The smallest absolute Gasteiger partial charge is 0.363 e. The second kappa shape index (κ2) is 16.5. The third-order valence-corrected chi connectivity index (χ3v) is 16.0. The van der Waals surface area contributed by atoms with Gasteiger partial charge in [-0.15, -0.1) is 0 Å². The summed E-state index contributed by atoms with van der Waals surface area (Å²) in [4.78, 5) is 41.3. The molecule has 2 heterocycles. The Morgan fingerprint density at radius 2 is 1.69 bits per heavy atom. The van der Waals surface area contributed by atoms with E-state index >= 15 is 0 Å². The highest BCUT2D eigenvalue weighted by molar-refractivity contribution is 7.55. The van der Waals surface area contributed by atoms with Gasteiger partial charge in [0.1, 0.15) is 12.2 Å². The number of ether oxygens (including phenoxy) is 4. The van der Waals surface area contributed by atoms with Gasteiger partial charge in [-0.25, -0.2) is 9.59 Å².